The van der Waals surface area contributed by atoms with Crippen LogP contribution >= 0.6 is 0 Å². The van der Waals surface area contributed by atoms with Gasteiger partial charge in [0, 0.05) is 26.2 Å². The minimum atomic E-state index is -0.294. The van der Waals surface area contributed by atoms with Crippen molar-refractivity contribution in [2.45, 2.75) is 18.9 Å². The van der Waals surface area contributed by atoms with E-state index in [0.717, 1.165) is 11.1 Å². The van der Waals surface area contributed by atoms with E-state index < -0.39 is 0 Å². The first-order valence-corrected chi connectivity index (χ1v) is 11.5. The predicted molar refractivity (Wildman–Crippen MR) is 120 cm³/mol. The number of halogens is 2. The third-order valence-electron chi connectivity index (χ3n) is 7.08. The number of rotatable bonds is 5. The van der Waals surface area contributed by atoms with Crippen molar-refractivity contribution in [1.82, 2.24) is 14.7 Å². The normalized spacial score (nSPS) is 24.0. The Morgan fingerprint density at radius 3 is 1.64 bits per heavy atom. The highest BCUT2D eigenvalue weighted by molar-refractivity contribution is 6.05. The molecule has 2 aromatic rings. The Labute approximate surface area is 192 Å². The predicted octanol–water partition coefficient (Wildman–Crippen LogP) is 3.58. The number of hydrogen-bond acceptors (Lipinski definition) is 4. The van der Waals surface area contributed by atoms with Crippen molar-refractivity contribution in [1.29, 1.82) is 0 Å². The Bertz CT molecular complexity index is 975. The average molecular weight is 452 g/mol. The molecule has 2 saturated heterocycles. The van der Waals surface area contributed by atoms with Gasteiger partial charge in [0.2, 0.25) is 11.8 Å². The molecule has 2 fully saturated rings. The number of benzene rings is 2. The van der Waals surface area contributed by atoms with E-state index in [4.69, 9.17) is 0 Å². The van der Waals surface area contributed by atoms with Gasteiger partial charge in [-0.1, -0.05) is 36.4 Å². The van der Waals surface area contributed by atoms with Gasteiger partial charge in [-0.3, -0.25) is 24.3 Å². The number of piperazine rings is 1. The van der Waals surface area contributed by atoms with E-state index in [1.807, 2.05) is 12.2 Å². The molecule has 2 atom stereocenters. The fraction of sp³-hybridized carbons (Fsp3) is 0.385. The molecule has 7 heteroatoms. The molecule has 0 unspecified atom stereocenters. The van der Waals surface area contributed by atoms with Crippen molar-refractivity contribution in [2.75, 3.05) is 32.8 Å². The van der Waals surface area contributed by atoms with Crippen molar-refractivity contribution in [2.24, 2.45) is 11.8 Å². The van der Waals surface area contributed by atoms with E-state index >= 15 is 0 Å². The number of likely N-dealkylation sites (tertiary alicyclic amines) is 1. The standard InChI is InChI=1S/C26H27F2N3O2/c27-20-9-5-18(6-10-20)24(19-7-11-21(28)12-8-19)30-15-13-29(14-16-30)17-31-25(32)22-3-1-2-4-23(22)26(31)33/h1-2,5-12,22-24H,3-4,13-17H2/t22-,23+. The highest BCUT2D eigenvalue weighted by Gasteiger charge is 2.47. The van der Waals surface area contributed by atoms with Crippen LogP contribution in [0.4, 0.5) is 8.78 Å². The molecule has 2 aliphatic heterocycles. The maximum atomic E-state index is 13.5. The number of hydrogen-bond donors (Lipinski definition) is 0. The van der Waals surface area contributed by atoms with Crippen molar-refractivity contribution in [3.8, 4) is 0 Å². The van der Waals surface area contributed by atoms with Gasteiger partial charge in [0.05, 0.1) is 24.5 Å². The Balaban J connectivity index is 1.28. The Morgan fingerprint density at radius 1 is 0.727 bits per heavy atom. The second-order valence-electron chi connectivity index (χ2n) is 9.06. The smallest absolute Gasteiger partial charge is 0.234 e. The van der Waals surface area contributed by atoms with Crippen LogP contribution in [-0.2, 0) is 9.59 Å². The van der Waals surface area contributed by atoms with Crippen LogP contribution in [0.3, 0.4) is 0 Å². The maximum Gasteiger partial charge on any atom is 0.234 e. The number of nitrogens with zero attached hydrogens (tertiary/aromatic N) is 3. The topological polar surface area (TPSA) is 43.9 Å². The maximum absolute atomic E-state index is 13.5. The molecular weight excluding hydrogens is 424 g/mol. The number of carbonyl (C=O) groups excluding carboxylic acids is 2. The molecule has 0 radical (unpaired) electrons. The van der Waals surface area contributed by atoms with E-state index in [1.54, 1.807) is 24.3 Å². The van der Waals surface area contributed by atoms with Crippen LogP contribution in [0.15, 0.2) is 60.7 Å². The lowest BCUT2D eigenvalue weighted by atomic mass is 9.85. The molecule has 0 aromatic heterocycles. The molecule has 2 aromatic carbocycles. The summed E-state index contributed by atoms with van der Waals surface area (Å²) in [4.78, 5) is 31.5. The first-order chi connectivity index (χ1) is 16.0. The Hall–Kier alpha value is -2.90. The molecule has 2 heterocycles. The van der Waals surface area contributed by atoms with Crippen molar-refractivity contribution >= 4 is 11.8 Å². The van der Waals surface area contributed by atoms with Crippen molar-refractivity contribution in [3.05, 3.63) is 83.4 Å². The van der Waals surface area contributed by atoms with Gasteiger partial charge >= 0.3 is 0 Å². The first kappa shape index (κ1) is 21.9. The highest BCUT2D eigenvalue weighted by atomic mass is 19.1. The minimum absolute atomic E-state index is 0.0488. The number of carbonyl (C=O) groups is 2. The quantitative estimate of drug-likeness (QED) is 0.515. The monoisotopic (exact) mass is 451 g/mol. The second kappa shape index (κ2) is 9.15. The summed E-state index contributed by atoms with van der Waals surface area (Å²) in [5.74, 6) is -1.09. The summed E-state index contributed by atoms with van der Waals surface area (Å²) in [7, 11) is 0. The zero-order valence-electron chi connectivity index (χ0n) is 18.4. The van der Waals surface area contributed by atoms with Gasteiger partial charge in [-0.2, -0.15) is 0 Å². The molecule has 5 rings (SSSR count). The van der Waals surface area contributed by atoms with Gasteiger partial charge in [-0.05, 0) is 48.2 Å². The Kier molecular flexibility index (Phi) is 6.08. The SMILES string of the molecule is O=C1[C@H]2CC=CC[C@H]2C(=O)N1CN1CCN(C(c2ccc(F)cc2)c2ccc(F)cc2)CC1. The summed E-state index contributed by atoms with van der Waals surface area (Å²) in [5.41, 5.74) is 1.89. The lowest BCUT2D eigenvalue weighted by Gasteiger charge is -2.40. The van der Waals surface area contributed by atoms with E-state index in [9.17, 15) is 18.4 Å². The fourth-order valence-corrected chi connectivity index (χ4v) is 5.28. The molecule has 0 bridgehead atoms. The van der Waals surface area contributed by atoms with Crippen LogP contribution in [0.5, 0.6) is 0 Å². The van der Waals surface area contributed by atoms with Crippen LogP contribution in [0.1, 0.15) is 30.0 Å². The summed E-state index contributed by atoms with van der Waals surface area (Å²) in [6, 6.07) is 12.7. The fourth-order valence-electron chi connectivity index (χ4n) is 5.28. The minimum Gasteiger partial charge on any atom is -0.290 e. The van der Waals surface area contributed by atoms with Crippen molar-refractivity contribution < 1.29 is 18.4 Å². The van der Waals surface area contributed by atoms with Crippen LogP contribution in [0.2, 0.25) is 0 Å². The molecule has 1 aliphatic carbocycles. The molecule has 172 valence electrons. The second-order valence-corrected chi connectivity index (χ2v) is 9.06. The number of fused-ring (bicyclic) bond motifs is 1. The first-order valence-electron chi connectivity index (χ1n) is 11.5. The Morgan fingerprint density at radius 2 is 1.18 bits per heavy atom. The largest absolute Gasteiger partial charge is 0.290 e. The van der Waals surface area contributed by atoms with Crippen LogP contribution in [0, 0.1) is 23.5 Å². The van der Waals surface area contributed by atoms with Crippen molar-refractivity contribution in [3.63, 3.8) is 0 Å². The van der Waals surface area contributed by atoms with Crippen LogP contribution in [-0.4, -0.2) is 59.4 Å². The number of amides is 2. The van der Waals surface area contributed by atoms with E-state index in [1.165, 1.54) is 29.2 Å². The number of allylic oxidation sites excluding steroid dienone is 2. The van der Waals surface area contributed by atoms with E-state index in [0.29, 0.717) is 45.7 Å². The van der Waals surface area contributed by atoms with Gasteiger partial charge < -0.3 is 0 Å². The molecule has 3 aliphatic rings. The molecule has 0 spiro atoms. The van der Waals surface area contributed by atoms with Gasteiger partial charge in [0.25, 0.3) is 0 Å². The summed E-state index contributed by atoms with van der Waals surface area (Å²) < 4.78 is 27.1. The lowest BCUT2D eigenvalue weighted by Crippen LogP contribution is -2.52. The molecule has 0 saturated carbocycles. The van der Waals surface area contributed by atoms with E-state index in [2.05, 4.69) is 9.80 Å². The van der Waals surface area contributed by atoms with Gasteiger partial charge in [0.15, 0.2) is 0 Å². The summed E-state index contributed by atoms with van der Waals surface area (Å²) in [6.45, 7) is 3.15. The third-order valence-corrected chi connectivity index (χ3v) is 7.08. The summed E-state index contributed by atoms with van der Waals surface area (Å²) >= 11 is 0. The van der Waals surface area contributed by atoms with Gasteiger partial charge in [-0.15, -0.1) is 0 Å². The molecule has 5 nitrogen and oxygen atoms in total. The summed E-state index contributed by atoms with van der Waals surface area (Å²) in [5, 5.41) is 0. The van der Waals surface area contributed by atoms with Gasteiger partial charge in [0.1, 0.15) is 11.6 Å². The average Bonchev–Trinajstić information content (AvgIpc) is 3.08. The molecule has 2 amide bonds. The van der Waals surface area contributed by atoms with Crippen LogP contribution < -0.4 is 0 Å². The number of imide groups is 1. The van der Waals surface area contributed by atoms with E-state index in [-0.39, 0.29) is 41.3 Å². The summed E-state index contributed by atoms with van der Waals surface area (Å²) in [6.07, 6.45) is 5.30. The molecule has 33 heavy (non-hydrogen) atoms. The van der Waals surface area contributed by atoms with Crippen LogP contribution in [0.25, 0.3) is 0 Å². The zero-order valence-corrected chi connectivity index (χ0v) is 18.4. The molecular formula is C26H27F2N3O2. The highest BCUT2D eigenvalue weighted by Crippen LogP contribution is 2.35. The lowest BCUT2D eigenvalue weighted by molar-refractivity contribution is -0.142. The zero-order chi connectivity index (χ0) is 22.9. The van der Waals surface area contributed by atoms with Gasteiger partial charge in [-0.25, -0.2) is 8.78 Å². The third kappa shape index (κ3) is 4.35. The molecule has 0 N–H and O–H groups in total.